The summed E-state index contributed by atoms with van der Waals surface area (Å²) in [5.41, 5.74) is 6.99. The molecule has 1 aromatic heterocycles. The topological polar surface area (TPSA) is 53.1 Å². The van der Waals surface area contributed by atoms with E-state index < -0.39 is 0 Å². The van der Waals surface area contributed by atoms with Gasteiger partial charge in [0.15, 0.2) is 0 Å². The minimum absolute atomic E-state index is 0.384. The molecule has 4 nitrogen and oxygen atoms in total. The molecule has 0 spiro atoms. The molecule has 0 bridgehead atoms. The van der Waals surface area contributed by atoms with Gasteiger partial charge >= 0.3 is 0 Å². The van der Waals surface area contributed by atoms with E-state index >= 15 is 0 Å². The fourth-order valence-electron chi connectivity index (χ4n) is 3.46. The highest BCUT2D eigenvalue weighted by molar-refractivity contribution is 4.98. The number of nitrogens with zero attached hydrogens (tertiary/aromatic N) is 2. The third-order valence-corrected chi connectivity index (χ3v) is 4.80. The third kappa shape index (κ3) is 3.61. The van der Waals surface area contributed by atoms with Gasteiger partial charge in [0.2, 0.25) is 0 Å². The average molecular weight is 277 g/mol. The summed E-state index contributed by atoms with van der Waals surface area (Å²) in [6, 6.07) is 3.12. The smallest absolute Gasteiger partial charge is 0.0910 e. The van der Waals surface area contributed by atoms with Gasteiger partial charge in [-0.1, -0.05) is 19.3 Å². The molecule has 3 rings (SSSR count). The first-order valence-electron chi connectivity index (χ1n) is 8.22. The lowest BCUT2D eigenvalue weighted by atomic mass is 9.94. The van der Waals surface area contributed by atoms with Crippen molar-refractivity contribution >= 4 is 0 Å². The molecule has 2 fully saturated rings. The number of rotatable bonds is 4. The molecule has 0 amide bonds. The van der Waals surface area contributed by atoms with Crippen molar-refractivity contribution in [2.45, 2.75) is 82.6 Å². The van der Waals surface area contributed by atoms with Crippen molar-refractivity contribution in [3.63, 3.8) is 0 Å². The molecule has 0 saturated heterocycles. The molecule has 2 aliphatic rings. The fraction of sp³-hybridized carbons (Fsp3) is 0.812. The van der Waals surface area contributed by atoms with Crippen LogP contribution in [0.3, 0.4) is 0 Å². The molecule has 0 atom stereocenters. The van der Waals surface area contributed by atoms with E-state index in [1.165, 1.54) is 32.1 Å². The minimum atomic E-state index is 0.384. The second kappa shape index (κ2) is 6.72. The van der Waals surface area contributed by atoms with E-state index in [1.807, 2.05) is 0 Å². The summed E-state index contributed by atoms with van der Waals surface area (Å²) in [7, 11) is 0. The zero-order valence-electron chi connectivity index (χ0n) is 12.3. The van der Waals surface area contributed by atoms with Gasteiger partial charge in [0.25, 0.3) is 0 Å². The monoisotopic (exact) mass is 277 g/mol. The standard InChI is InChI=1S/C16H27N3O/c17-13-6-8-16(9-7-13)20-12-14-10-11-19(18-14)15-4-2-1-3-5-15/h10-11,13,15-16H,1-9,12,17H2. The summed E-state index contributed by atoms with van der Waals surface area (Å²) in [4.78, 5) is 0. The average Bonchev–Trinajstić information content (AvgIpc) is 2.97. The van der Waals surface area contributed by atoms with Gasteiger partial charge in [0.05, 0.1) is 24.4 Å². The van der Waals surface area contributed by atoms with Crippen LogP contribution in [0.15, 0.2) is 12.3 Å². The first-order valence-corrected chi connectivity index (χ1v) is 8.22. The van der Waals surface area contributed by atoms with E-state index in [9.17, 15) is 0 Å². The largest absolute Gasteiger partial charge is 0.372 e. The summed E-state index contributed by atoms with van der Waals surface area (Å²) in [6.45, 7) is 0.652. The van der Waals surface area contributed by atoms with Gasteiger partial charge in [-0.05, 0) is 44.6 Å². The van der Waals surface area contributed by atoms with Crippen LogP contribution in [0.5, 0.6) is 0 Å². The second-order valence-electron chi connectivity index (χ2n) is 6.43. The Morgan fingerprint density at radius 3 is 2.60 bits per heavy atom. The quantitative estimate of drug-likeness (QED) is 0.919. The maximum Gasteiger partial charge on any atom is 0.0910 e. The normalized spacial score (nSPS) is 28.6. The van der Waals surface area contributed by atoms with E-state index in [-0.39, 0.29) is 0 Å². The summed E-state index contributed by atoms with van der Waals surface area (Å²) in [5.74, 6) is 0. The molecule has 0 aromatic carbocycles. The predicted octanol–water partition coefficient (Wildman–Crippen LogP) is 3.17. The Labute approximate surface area is 121 Å². The number of nitrogens with two attached hydrogens (primary N) is 1. The first kappa shape index (κ1) is 14.1. The number of aromatic nitrogens is 2. The second-order valence-corrected chi connectivity index (χ2v) is 6.43. The van der Waals surface area contributed by atoms with Crippen molar-refractivity contribution in [3.8, 4) is 0 Å². The van der Waals surface area contributed by atoms with Crippen LogP contribution in [0, 0.1) is 0 Å². The summed E-state index contributed by atoms with van der Waals surface area (Å²) >= 11 is 0. The van der Waals surface area contributed by atoms with Crippen LogP contribution >= 0.6 is 0 Å². The van der Waals surface area contributed by atoms with Crippen LogP contribution in [0.25, 0.3) is 0 Å². The predicted molar refractivity (Wildman–Crippen MR) is 79.4 cm³/mol. The van der Waals surface area contributed by atoms with Crippen molar-refractivity contribution in [1.29, 1.82) is 0 Å². The van der Waals surface area contributed by atoms with E-state index in [1.54, 1.807) is 0 Å². The van der Waals surface area contributed by atoms with Crippen LogP contribution in [0.4, 0.5) is 0 Å². The Balaban J connectivity index is 1.47. The number of ether oxygens (including phenoxy) is 1. The van der Waals surface area contributed by atoms with Crippen molar-refractivity contribution in [1.82, 2.24) is 9.78 Å². The molecule has 0 radical (unpaired) electrons. The zero-order valence-corrected chi connectivity index (χ0v) is 12.3. The lowest BCUT2D eigenvalue weighted by molar-refractivity contribution is 0.0119. The van der Waals surface area contributed by atoms with E-state index in [2.05, 4.69) is 16.9 Å². The number of hydrogen-bond acceptors (Lipinski definition) is 3. The molecular formula is C16H27N3O. The molecular weight excluding hydrogens is 250 g/mol. The summed E-state index contributed by atoms with van der Waals surface area (Å²) in [6.07, 6.45) is 13.6. The highest BCUT2D eigenvalue weighted by Crippen LogP contribution is 2.27. The van der Waals surface area contributed by atoms with E-state index in [4.69, 9.17) is 15.6 Å². The van der Waals surface area contributed by atoms with Crippen LogP contribution in [-0.2, 0) is 11.3 Å². The minimum Gasteiger partial charge on any atom is -0.372 e. The lowest BCUT2D eigenvalue weighted by Gasteiger charge is -2.25. The molecule has 2 N–H and O–H groups in total. The Kier molecular flexibility index (Phi) is 4.73. The molecule has 2 aliphatic carbocycles. The van der Waals surface area contributed by atoms with Gasteiger partial charge < -0.3 is 10.5 Å². The highest BCUT2D eigenvalue weighted by atomic mass is 16.5. The van der Waals surface area contributed by atoms with Crippen molar-refractivity contribution in [3.05, 3.63) is 18.0 Å². The van der Waals surface area contributed by atoms with Gasteiger partial charge in [-0.15, -0.1) is 0 Å². The maximum atomic E-state index is 5.99. The van der Waals surface area contributed by atoms with E-state index in [0.29, 0.717) is 24.8 Å². The molecule has 1 heterocycles. The van der Waals surface area contributed by atoms with Gasteiger partial charge in [0, 0.05) is 12.2 Å². The van der Waals surface area contributed by atoms with Gasteiger partial charge in [-0.2, -0.15) is 5.10 Å². The van der Waals surface area contributed by atoms with Gasteiger partial charge in [-0.3, -0.25) is 4.68 Å². The maximum absolute atomic E-state index is 5.99. The van der Waals surface area contributed by atoms with Gasteiger partial charge in [0.1, 0.15) is 0 Å². The van der Waals surface area contributed by atoms with Gasteiger partial charge in [-0.25, -0.2) is 0 Å². The van der Waals surface area contributed by atoms with Crippen LogP contribution in [-0.4, -0.2) is 21.9 Å². The van der Waals surface area contributed by atoms with Crippen molar-refractivity contribution in [2.24, 2.45) is 5.73 Å². The first-order chi connectivity index (χ1) is 9.81. The fourth-order valence-corrected chi connectivity index (χ4v) is 3.46. The zero-order chi connectivity index (χ0) is 13.8. The summed E-state index contributed by atoms with van der Waals surface area (Å²) in [5, 5.41) is 4.70. The van der Waals surface area contributed by atoms with Crippen molar-refractivity contribution < 1.29 is 4.74 Å². The Bertz CT molecular complexity index is 404. The van der Waals surface area contributed by atoms with Crippen LogP contribution < -0.4 is 5.73 Å². The molecule has 2 saturated carbocycles. The van der Waals surface area contributed by atoms with Crippen molar-refractivity contribution in [2.75, 3.05) is 0 Å². The summed E-state index contributed by atoms with van der Waals surface area (Å²) < 4.78 is 8.15. The SMILES string of the molecule is NC1CCC(OCc2ccn(C3CCCCC3)n2)CC1. The Hall–Kier alpha value is -0.870. The van der Waals surface area contributed by atoms with E-state index in [0.717, 1.165) is 31.4 Å². The molecule has 112 valence electrons. The molecule has 1 aromatic rings. The lowest BCUT2D eigenvalue weighted by Crippen LogP contribution is -2.30. The molecule has 20 heavy (non-hydrogen) atoms. The van der Waals surface area contributed by atoms with Crippen LogP contribution in [0.1, 0.15) is 69.5 Å². The number of hydrogen-bond donors (Lipinski definition) is 1. The molecule has 0 unspecified atom stereocenters. The Morgan fingerprint density at radius 1 is 1.10 bits per heavy atom. The molecule has 4 heteroatoms. The highest BCUT2D eigenvalue weighted by Gasteiger charge is 2.20. The Morgan fingerprint density at radius 2 is 1.85 bits per heavy atom. The van der Waals surface area contributed by atoms with Crippen LogP contribution in [0.2, 0.25) is 0 Å². The molecule has 0 aliphatic heterocycles. The third-order valence-electron chi connectivity index (χ3n) is 4.80.